The molecule has 0 aliphatic carbocycles. The summed E-state index contributed by atoms with van der Waals surface area (Å²) in [5.74, 6) is 0.132. The van der Waals surface area contributed by atoms with Crippen LogP contribution in [0.4, 0.5) is 0 Å². The Morgan fingerprint density at radius 3 is 3.11 bits per heavy atom. The highest BCUT2D eigenvalue weighted by molar-refractivity contribution is 5.94. The molecule has 1 amide bonds. The van der Waals surface area contributed by atoms with Crippen LogP contribution in [0.5, 0.6) is 0 Å². The minimum Gasteiger partial charge on any atom is -0.380 e. The number of hydrogen-bond acceptors (Lipinski definition) is 3. The van der Waals surface area contributed by atoms with Gasteiger partial charge in [-0.25, -0.2) is 0 Å². The van der Waals surface area contributed by atoms with Crippen molar-refractivity contribution in [3.8, 4) is 0 Å². The summed E-state index contributed by atoms with van der Waals surface area (Å²) in [6, 6.07) is 6.11. The first-order valence-corrected chi connectivity index (χ1v) is 6.92. The lowest BCUT2D eigenvalue weighted by molar-refractivity contribution is 0.0724. The Balaban J connectivity index is 1.77. The standard InChI is InChI=1S/C15H20N2O2/c1-19-14-5-7-17(10-14)15(18)12-3-2-11-4-6-16-9-13(11)8-12/h2-3,8,14,16H,4-7,9-10H2,1H3. The number of fused-ring (bicyclic) bond motifs is 1. The van der Waals surface area contributed by atoms with Crippen LogP contribution in [0.15, 0.2) is 18.2 Å². The maximum absolute atomic E-state index is 12.4. The summed E-state index contributed by atoms with van der Waals surface area (Å²) in [6.45, 7) is 3.41. The fourth-order valence-corrected chi connectivity index (χ4v) is 2.90. The van der Waals surface area contributed by atoms with Crippen molar-refractivity contribution in [3.63, 3.8) is 0 Å². The van der Waals surface area contributed by atoms with Gasteiger partial charge in [0.25, 0.3) is 5.91 Å². The Hall–Kier alpha value is -1.39. The van der Waals surface area contributed by atoms with Gasteiger partial charge in [0.1, 0.15) is 0 Å². The minimum atomic E-state index is 0.132. The molecule has 102 valence electrons. The van der Waals surface area contributed by atoms with Crippen LogP contribution in [0.1, 0.15) is 27.9 Å². The second kappa shape index (κ2) is 5.31. The van der Waals surface area contributed by atoms with Crippen LogP contribution in [-0.2, 0) is 17.7 Å². The fourth-order valence-electron chi connectivity index (χ4n) is 2.90. The number of likely N-dealkylation sites (tertiary alicyclic amines) is 1. The van der Waals surface area contributed by atoms with E-state index in [4.69, 9.17) is 4.74 Å². The normalized spacial score (nSPS) is 22.4. The van der Waals surface area contributed by atoms with Gasteiger partial charge in [-0.1, -0.05) is 6.07 Å². The molecule has 1 N–H and O–H groups in total. The molecule has 1 aromatic rings. The monoisotopic (exact) mass is 260 g/mol. The van der Waals surface area contributed by atoms with Crippen LogP contribution >= 0.6 is 0 Å². The molecule has 0 bridgehead atoms. The zero-order valence-corrected chi connectivity index (χ0v) is 11.3. The van der Waals surface area contributed by atoms with Crippen molar-refractivity contribution in [1.82, 2.24) is 10.2 Å². The lowest BCUT2D eigenvalue weighted by Crippen LogP contribution is -2.30. The van der Waals surface area contributed by atoms with E-state index < -0.39 is 0 Å². The van der Waals surface area contributed by atoms with Gasteiger partial charge in [0.05, 0.1) is 6.10 Å². The van der Waals surface area contributed by atoms with Crippen LogP contribution in [0.25, 0.3) is 0 Å². The molecule has 0 radical (unpaired) electrons. The average molecular weight is 260 g/mol. The van der Waals surface area contributed by atoms with Crippen molar-refractivity contribution in [2.45, 2.75) is 25.5 Å². The molecular weight excluding hydrogens is 240 g/mol. The van der Waals surface area contributed by atoms with Gasteiger partial charge in [0, 0.05) is 32.3 Å². The highest BCUT2D eigenvalue weighted by atomic mass is 16.5. The van der Waals surface area contributed by atoms with Gasteiger partial charge in [-0.05, 0) is 42.6 Å². The van der Waals surface area contributed by atoms with E-state index in [1.165, 1.54) is 11.1 Å². The summed E-state index contributed by atoms with van der Waals surface area (Å²) in [5.41, 5.74) is 3.44. The number of methoxy groups -OCH3 is 1. The number of nitrogens with one attached hydrogen (secondary N) is 1. The maximum Gasteiger partial charge on any atom is 0.253 e. The van der Waals surface area contributed by atoms with Gasteiger partial charge in [-0.3, -0.25) is 4.79 Å². The molecule has 1 unspecified atom stereocenters. The Morgan fingerprint density at radius 2 is 2.32 bits per heavy atom. The van der Waals surface area contributed by atoms with E-state index in [0.717, 1.165) is 38.0 Å². The molecule has 4 heteroatoms. The van der Waals surface area contributed by atoms with E-state index in [0.29, 0.717) is 6.54 Å². The Labute approximate surface area is 113 Å². The fraction of sp³-hybridized carbons (Fsp3) is 0.533. The van der Waals surface area contributed by atoms with Gasteiger partial charge in [0.2, 0.25) is 0 Å². The van der Waals surface area contributed by atoms with Crippen molar-refractivity contribution in [3.05, 3.63) is 34.9 Å². The predicted octanol–water partition coefficient (Wildman–Crippen LogP) is 1.19. The lowest BCUT2D eigenvalue weighted by atomic mass is 9.98. The van der Waals surface area contributed by atoms with E-state index >= 15 is 0 Å². The van der Waals surface area contributed by atoms with Crippen LogP contribution in [-0.4, -0.2) is 43.7 Å². The molecule has 0 saturated carbocycles. The summed E-state index contributed by atoms with van der Waals surface area (Å²) < 4.78 is 5.31. The Kier molecular flexibility index (Phi) is 3.53. The number of ether oxygens (including phenoxy) is 1. The first-order chi connectivity index (χ1) is 9.28. The van der Waals surface area contributed by atoms with Crippen LogP contribution in [0.3, 0.4) is 0 Å². The molecule has 2 aliphatic rings. The Morgan fingerprint density at radius 1 is 1.42 bits per heavy atom. The second-order valence-electron chi connectivity index (χ2n) is 5.31. The van der Waals surface area contributed by atoms with Crippen molar-refractivity contribution in [2.75, 3.05) is 26.7 Å². The van der Waals surface area contributed by atoms with Gasteiger partial charge in [-0.2, -0.15) is 0 Å². The number of amides is 1. The summed E-state index contributed by atoms with van der Waals surface area (Å²) >= 11 is 0. The third-order valence-corrected chi connectivity index (χ3v) is 4.11. The molecule has 1 fully saturated rings. The summed E-state index contributed by atoms with van der Waals surface area (Å²) in [4.78, 5) is 14.3. The zero-order valence-electron chi connectivity index (χ0n) is 11.3. The number of rotatable bonds is 2. The number of benzene rings is 1. The van der Waals surface area contributed by atoms with Crippen molar-refractivity contribution < 1.29 is 9.53 Å². The minimum absolute atomic E-state index is 0.132. The molecule has 0 aromatic heterocycles. The van der Waals surface area contributed by atoms with E-state index in [9.17, 15) is 4.79 Å². The highest BCUT2D eigenvalue weighted by Gasteiger charge is 2.27. The van der Waals surface area contributed by atoms with Crippen LogP contribution in [0.2, 0.25) is 0 Å². The van der Waals surface area contributed by atoms with Gasteiger partial charge >= 0.3 is 0 Å². The molecule has 4 nitrogen and oxygen atoms in total. The van der Waals surface area contributed by atoms with Gasteiger partial charge in [0.15, 0.2) is 0 Å². The van der Waals surface area contributed by atoms with Gasteiger partial charge < -0.3 is 15.0 Å². The van der Waals surface area contributed by atoms with Gasteiger partial charge in [-0.15, -0.1) is 0 Å². The third-order valence-electron chi connectivity index (χ3n) is 4.11. The number of carbonyl (C=O) groups excluding carboxylic acids is 1. The molecular formula is C15H20N2O2. The predicted molar refractivity (Wildman–Crippen MR) is 73.2 cm³/mol. The maximum atomic E-state index is 12.4. The highest BCUT2D eigenvalue weighted by Crippen LogP contribution is 2.19. The quantitative estimate of drug-likeness (QED) is 0.868. The first-order valence-electron chi connectivity index (χ1n) is 6.92. The molecule has 3 rings (SSSR count). The summed E-state index contributed by atoms with van der Waals surface area (Å²) in [6.07, 6.45) is 2.19. The summed E-state index contributed by atoms with van der Waals surface area (Å²) in [7, 11) is 1.71. The SMILES string of the molecule is COC1CCN(C(=O)c2ccc3c(c2)CNCC3)C1. The van der Waals surface area contributed by atoms with E-state index in [1.807, 2.05) is 17.0 Å². The molecule has 2 aliphatic heterocycles. The molecule has 1 atom stereocenters. The first kappa shape index (κ1) is 12.6. The molecule has 19 heavy (non-hydrogen) atoms. The van der Waals surface area contributed by atoms with E-state index in [2.05, 4.69) is 11.4 Å². The van der Waals surface area contributed by atoms with Crippen molar-refractivity contribution in [1.29, 1.82) is 0 Å². The molecule has 2 heterocycles. The lowest BCUT2D eigenvalue weighted by Gasteiger charge is -2.20. The third kappa shape index (κ3) is 2.51. The molecule has 1 aromatic carbocycles. The number of hydrogen-bond donors (Lipinski definition) is 1. The van der Waals surface area contributed by atoms with Crippen LogP contribution in [0, 0.1) is 0 Å². The Bertz CT molecular complexity index is 487. The van der Waals surface area contributed by atoms with Crippen molar-refractivity contribution >= 4 is 5.91 Å². The van der Waals surface area contributed by atoms with E-state index in [-0.39, 0.29) is 12.0 Å². The largest absolute Gasteiger partial charge is 0.380 e. The van der Waals surface area contributed by atoms with Crippen molar-refractivity contribution in [2.24, 2.45) is 0 Å². The van der Waals surface area contributed by atoms with Crippen LogP contribution < -0.4 is 5.32 Å². The summed E-state index contributed by atoms with van der Waals surface area (Å²) in [5, 5.41) is 3.35. The second-order valence-corrected chi connectivity index (χ2v) is 5.31. The number of carbonyl (C=O) groups is 1. The topological polar surface area (TPSA) is 41.6 Å². The molecule has 1 saturated heterocycles. The molecule has 0 spiro atoms. The number of nitrogens with zero attached hydrogens (tertiary/aromatic N) is 1. The smallest absolute Gasteiger partial charge is 0.253 e. The van der Waals surface area contributed by atoms with E-state index in [1.54, 1.807) is 7.11 Å². The average Bonchev–Trinajstić information content (AvgIpc) is 2.95. The zero-order chi connectivity index (χ0) is 13.2.